The lowest BCUT2D eigenvalue weighted by molar-refractivity contribution is -0.126. The molecule has 154 valence electrons. The Hall–Kier alpha value is -2.62. The summed E-state index contributed by atoms with van der Waals surface area (Å²) in [5, 5.41) is 6.65. The molecule has 0 aliphatic carbocycles. The van der Waals surface area contributed by atoms with Gasteiger partial charge in [-0.3, -0.25) is 9.59 Å². The lowest BCUT2D eigenvalue weighted by Gasteiger charge is -2.12. The Labute approximate surface area is 184 Å². The predicted molar refractivity (Wildman–Crippen MR) is 122 cm³/mol. The average Bonchev–Trinajstić information content (AvgIpc) is 2.66. The molecule has 2 N–H and O–H groups in total. The fourth-order valence-corrected chi connectivity index (χ4v) is 3.39. The molecule has 2 aromatic rings. The molecular formula is C21H24IN3O4. The molecule has 0 saturated carbocycles. The van der Waals surface area contributed by atoms with Crippen LogP contribution in [0.5, 0.6) is 11.5 Å². The van der Waals surface area contributed by atoms with Crippen LogP contribution in [0.3, 0.4) is 0 Å². The molecular weight excluding hydrogens is 485 g/mol. The molecule has 2 rings (SSSR count). The van der Waals surface area contributed by atoms with Crippen LogP contribution in [0.15, 0.2) is 35.4 Å². The zero-order valence-electron chi connectivity index (χ0n) is 16.8. The number of nitrogens with zero attached hydrogens (tertiary/aromatic N) is 1. The van der Waals surface area contributed by atoms with Crippen LogP contribution >= 0.6 is 22.6 Å². The van der Waals surface area contributed by atoms with Gasteiger partial charge in [0.1, 0.15) is 6.42 Å². The number of hydrazone groups is 1. The third kappa shape index (κ3) is 6.74. The van der Waals surface area contributed by atoms with Crippen molar-refractivity contribution < 1.29 is 19.1 Å². The highest BCUT2D eigenvalue weighted by Crippen LogP contribution is 2.33. The van der Waals surface area contributed by atoms with E-state index < -0.39 is 11.8 Å². The zero-order chi connectivity index (χ0) is 21.4. The molecule has 0 aromatic heterocycles. The number of amides is 2. The summed E-state index contributed by atoms with van der Waals surface area (Å²) >= 11 is 2.15. The zero-order valence-corrected chi connectivity index (χ0v) is 19.0. The number of halogens is 1. The van der Waals surface area contributed by atoms with Gasteiger partial charge in [-0.1, -0.05) is 17.7 Å². The first-order valence-corrected chi connectivity index (χ1v) is 10.1. The van der Waals surface area contributed by atoms with Crippen molar-refractivity contribution in [1.82, 2.24) is 5.43 Å². The van der Waals surface area contributed by atoms with E-state index in [9.17, 15) is 9.59 Å². The molecule has 0 heterocycles. The summed E-state index contributed by atoms with van der Waals surface area (Å²) in [6.45, 7) is 6.31. The minimum Gasteiger partial charge on any atom is -0.493 e. The molecule has 2 amide bonds. The van der Waals surface area contributed by atoms with Gasteiger partial charge in [-0.2, -0.15) is 5.10 Å². The van der Waals surface area contributed by atoms with E-state index in [1.807, 2.05) is 45.0 Å². The number of anilines is 1. The number of carbonyl (C=O) groups excluding carboxylic acids is 2. The van der Waals surface area contributed by atoms with E-state index in [4.69, 9.17) is 9.47 Å². The fraction of sp³-hybridized carbons (Fsp3) is 0.286. The second-order valence-electron chi connectivity index (χ2n) is 6.30. The summed E-state index contributed by atoms with van der Waals surface area (Å²) < 4.78 is 11.8. The van der Waals surface area contributed by atoms with E-state index in [1.54, 1.807) is 13.2 Å². The van der Waals surface area contributed by atoms with Gasteiger partial charge >= 0.3 is 0 Å². The third-order valence-corrected chi connectivity index (χ3v) is 4.72. The standard InChI is InChI=1S/C21H24IN3O4/c1-5-29-21-16(22)9-15(10-18(21)28-4)12-23-25-20(27)11-19(26)24-17-7-6-13(2)8-14(17)3/h6-10,12H,5,11H2,1-4H3,(H,24,26)(H,25,27). The largest absolute Gasteiger partial charge is 0.493 e. The van der Waals surface area contributed by atoms with E-state index in [2.05, 4.69) is 38.4 Å². The van der Waals surface area contributed by atoms with E-state index >= 15 is 0 Å². The van der Waals surface area contributed by atoms with Crippen molar-refractivity contribution in [1.29, 1.82) is 0 Å². The van der Waals surface area contributed by atoms with Crippen molar-refractivity contribution in [3.05, 3.63) is 50.6 Å². The van der Waals surface area contributed by atoms with Crippen molar-refractivity contribution in [2.24, 2.45) is 5.10 Å². The maximum Gasteiger partial charge on any atom is 0.249 e. The van der Waals surface area contributed by atoms with Gasteiger partial charge in [0.25, 0.3) is 0 Å². The number of nitrogens with one attached hydrogen (secondary N) is 2. The molecule has 7 nitrogen and oxygen atoms in total. The van der Waals surface area contributed by atoms with E-state index in [0.29, 0.717) is 23.8 Å². The summed E-state index contributed by atoms with van der Waals surface area (Å²) in [6.07, 6.45) is 1.16. The first-order valence-electron chi connectivity index (χ1n) is 9.03. The van der Waals surface area contributed by atoms with Gasteiger partial charge in [0.15, 0.2) is 11.5 Å². The monoisotopic (exact) mass is 509 g/mol. The molecule has 0 aliphatic heterocycles. The Balaban J connectivity index is 1.93. The van der Waals surface area contributed by atoms with Gasteiger partial charge in [0, 0.05) is 5.69 Å². The van der Waals surface area contributed by atoms with Crippen LogP contribution in [0, 0.1) is 17.4 Å². The highest BCUT2D eigenvalue weighted by molar-refractivity contribution is 14.1. The number of aryl methyl sites for hydroxylation is 2. The topological polar surface area (TPSA) is 89.0 Å². The summed E-state index contributed by atoms with van der Waals surface area (Å²) in [6, 6.07) is 9.30. The lowest BCUT2D eigenvalue weighted by atomic mass is 10.1. The number of ether oxygens (including phenoxy) is 2. The van der Waals surface area contributed by atoms with Crippen molar-refractivity contribution in [3.63, 3.8) is 0 Å². The van der Waals surface area contributed by atoms with E-state index in [1.165, 1.54) is 6.21 Å². The Morgan fingerprint density at radius 1 is 1.17 bits per heavy atom. The van der Waals surface area contributed by atoms with Gasteiger partial charge in [-0.05, 0) is 72.7 Å². The van der Waals surface area contributed by atoms with Crippen molar-refractivity contribution in [2.45, 2.75) is 27.2 Å². The highest BCUT2D eigenvalue weighted by atomic mass is 127. The fourth-order valence-electron chi connectivity index (χ4n) is 2.61. The Morgan fingerprint density at radius 3 is 2.59 bits per heavy atom. The van der Waals surface area contributed by atoms with E-state index in [0.717, 1.165) is 20.3 Å². The normalized spacial score (nSPS) is 10.7. The van der Waals surface area contributed by atoms with Crippen LogP contribution in [-0.2, 0) is 9.59 Å². The molecule has 29 heavy (non-hydrogen) atoms. The van der Waals surface area contributed by atoms with Crippen LogP contribution in [0.25, 0.3) is 0 Å². The minimum atomic E-state index is -0.504. The van der Waals surface area contributed by atoms with Crippen molar-refractivity contribution in [3.8, 4) is 11.5 Å². The van der Waals surface area contributed by atoms with Gasteiger partial charge in [-0.15, -0.1) is 0 Å². The molecule has 0 aliphatic rings. The van der Waals surface area contributed by atoms with Crippen LogP contribution in [-0.4, -0.2) is 31.7 Å². The molecule has 8 heteroatoms. The first kappa shape index (κ1) is 22.7. The van der Waals surface area contributed by atoms with Gasteiger partial charge < -0.3 is 14.8 Å². The van der Waals surface area contributed by atoms with Gasteiger partial charge in [0.2, 0.25) is 11.8 Å². The Morgan fingerprint density at radius 2 is 1.93 bits per heavy atom. The van der Waals surface area contributed by atoms with Crippen molar-refractivity contribution in [2.75, 3.05) is 19.0 Å². The molecule has 0 bridgehead atoms. The summed E-state index contributed by atoms with van der Waals surface area (Å²) in [7, 11) is 1.56. The SMILES string of the molecule is CCOc1c(I)cc(C=NNC(=O)CC(=O)Nc2ccc(C)cc2C)cc1OC. The molecule has 0 unspecified atom stereocenters. The van der Waals surface area contributed by atoms with Crippen molar-refractivity contribution >= 4 is 46.3 Å². The average molecular weight is 509 g/mol. The number of rotatable bonds is 8. The molecule has 0 atom stereocenters. The minimum absolute atomic E-state index is 0.325. The molecule has 0 fully saturated rings. The summed E-state index contributed by atoms with van der Waals surface area (Å²) in [5.41, 5.74) is 5.83. The summed E-state index contributed by atoms with van der Waals surface area (Å²) in [5.74, 6) is 0.345. The number of hydrogen-bond acceptors (Lipinski definition) is 5. The maximum atomic E-state index is 12.1. The van der Waals surface area contributed by atoms with Gasteiger partial charge in [0.05, 0.1) is 23.5 Å². The van der Waals surface area contributed by atoms with Crippen LogP contribution in [0.1, 0.15) is 30.0 Å². The number of methoxy groups -OCH3 is 1. The smallest absolute Gasteiger partial charge is 0.249 e. The molecule has 0 radical (unpaired) electrons. The first-order chi connectivity index (χ1) is 13.8. The predicted octanol–water partition coefficient (Wildman–Crippen LogP) is 3.79. The Bertz CT molecular complexity index is 928. The lowest BCUT2D eigenvalue weighted by Crippen LogP contribution is -2.24. The third-order valence-electron chi connectivity index (χ3n) is 3.92. The second-order valence-corrected chi connectivity index (χ2v) is 7.47. The molecule has 0 spiro atoms. The molecule has 2 aromatic carbocycles. The van der Waals surface area contributed by atoms with Crippen LogP contribution in [0.4, 0.5) is 5.69 Å². The second kappa shape index (κ2) is 10.8. The van der Waals surface area contributed by atoms with Crippen LogP contribution in [0.2, 0.25) is 0 Å². The highest BCUT2D eigenvalue weighted by Gasteiger charge is 2.12. The van der Waals surface area contributed by atoms with E-state index in [-0.39, 0.29) is 6.42 Å². The quantitative estimate of drug-likeness (QED) is 0.245. The van der Waals surface area contributed by atoms with Crippen LogP contribution < -0.4 is 20.2 Å². The number of carbonyl (C=O) groups is 2. The molecule has 0 saturated heterocycles. The van der Waals surface area contributed by atoms with Gasteiger partial charge in [-0.25, -0.2) is 5.43 Å². The summed E-state index contributed by atoms with van der Waals surface area (Å²) in [4.78, 5) is 24.0. The number of hydrogen-bond donors (Lipinski definition) is 2. The Kier molecular flexibility index (Phi) is 8.44. The number of benzene rings is 2. The maximum absolute atomic E-state index is 12.1.